The van der Waals surface area contributed by atoms with Gasteiger partial charge in [-0.25, -0.2) is 4.39 Å². The van der Waals surface area contributed by atoms with E-state index in [1.165, 1.54) is 30.2 Å². The van der Waals surface area contributed by atoms with Gasteiger partial charge in [-0.2, -0.15) is 0 Å². The Bertz CT molecular complexity index is 704. The van der Waals surface area contributed by atoms with Crippen molar-refractivity contribution in [3.05, 3.63) is 34.5 Å². The average Bonchev–Trinajstić information content (AvgIpc) is 2.88. The third kappa shape index (κ3) is 3.56. The van der Waals surface area contributed by atoms with E-state index in [4.69, 9.17) is 0 Å². The predicted molar refractivity (Wildman–Crippen MR) is 93.7 cm³/mol. The SMILES string of the molecule is Cc1c(C(=O)NCCN2CCC(C)CC2)sc2cccc(F)c12. The summed E-state index contributed by atoms with van der Waals surface area (Å²) >= 11 is 1.37. The highest BCUT2D eigenvalue weighted by atomic mass is 32.1. The summed E-state index contributed by atoms with van der Waals surface area (Å²) in [4.78, 5) is 15.4. The number of hydrogen-bond donors (Lipinski definition) is 1. The van der Waals surface area contributed by atoms with E-state index in [0.717, 1.165) is 35.8 Å². The predicted octanol–water partition coefficient (Wildman–Crippen LogP) is 3.81. The van der Waals surface area contributed by atoms with Crippen LogP contribution in [0.4, 0.5) is 4.39 Å². The van der Waals surface area contributed by atoms with Crippen molar-refractivity contribution in [2.24, 2.45) is 5.92 Å². The average molecular weight is 334 g/mol. The Balaban J connectivity index is 1.60. The molecule has 23 heavy (non-hydrogen) atoms. The molecule has 3 nitrogen and oxygen atoms in total. The fourth-order valence-corrected chi connectivity index (χ4v) is 4.30. The molecule has 1 aliphatic rings. The minimum absolute atomic E-state index is 0.0894. The number of fused-ring (bicyclic) bond motifs is 1. The van der Waals surface area contributed by atoms with Crippen molar-refractivity contribution in [2.75, 3.05) is 26.2 Å². The van der Waals surface area contributed by atoms with Crippen molar-refractivity contribution in [1.29, 1.82) is 0 Å². The number of thiophene rings is 1. The third-order valence-corrected chi connectivity index (χ3v) is 5.95. The Kier molecular flexibility index (Phi) is 4.97. The molecule has 1 aromatic heterocycles. The fourth-order valence-electron chi connectivity index (χ4n) is 3.16. The van der Waals surface area contributed by atoms with E-state index in [0.29, 0.717) is 16.8 Å². The van der Waals surface area contributed by atoms with E-state index in [1.807, 2.05) is 13.0 Å². The maximum Gasteiger partial charge on any atom is 0.261 e. The maximum absolute atomic E-state index is 13.9. The molecule has 124 valence electrons. The fraction of sp³-hybridized carbons (Fsp3) is 0.500. The van der Waals surface area contributed by atoms with Gasteiger partial charge in [-0.15, -0.1) is 11.3 Å². The molecule has 2 heterocycles. The van der Waals surface area contributed by atoms with Crippen LogP contribution in [0, 0.1) is 18.7 Å². The summed E-state index contributed by atoms with van der Waals surface area (Å²) in [5.74, 6) is 0.475. The van der Waals surface area contributed by atoms with Crippen molar-refractivity contribution in [2.45, 2.75) is 26.7 Å². The first-order valence-electron chi connectivity index (χ1n) is 8.24. The Hall–Kier alpha value is -1.46. The smallest absolute Gasteiger partial charge is 0.261 e. The van der Waals surface area contributed by atoms with Crippen LogP contribution in [0.1, 0.15) is 35.0 Å². The minimum Gasteiger partial charge on any atom is -0.350 e. The van der Waals surface area contributed by atoms with E-state index in [1.54, 1.807) is 6.07 Å². The number of likely N-dealkylation sites (tertiary alicyclic amines) is 1. The van der Waals surface area contributed by atoms with Crippen LogP contribution in [0.15, 0.2) is 18.2 Å². The van der Waals surface area contributed by atoms with Gasteiger partial charge in [0, 0.05) is 23.2 Å². The third-order valence-electron chi connectivity index (χ3n) is 4.70. The summed E-state index contributed by atoms with van der Waals surface area (Å²) in [5, 5.41) is 3.56. The topological polar surface area (TPSA) is 32.3 Å². The quantitative estimate of drug-likeness (QED) is 0.922. The second-order valence-electron chi connectivity index (χ2n) is 6.45. The zero-order valence-corrected chi connectivity index (χ0v) is 14.5. The lowest BCUT2D eigenvalue weighted by atomic mass is 9.99. The number of amides is 1. The van der Waals surface area contributed by atoms with E-state index < -0.39 is 0 Å². The van der Waals surface area contributed by atoms with E-state index in [9.17, 15) is 9.18 Å². The zero-order valence-electron chi connectivity index (χ0n) is 13.7. The number of nitrogens with zero attached hydrogens (tertiary/aromatic N) is 1. The first-order valence-corrected chi connectivity index (χ1v) is 9.06. The molecule has 1 fully saturated rings. The molecule has 0 unspecified atom stereocenters. The van der Waals surface area contributed by atoms with Crippen LogP contribution in [-0.4, -0.2) is 37.0 Å². The molecule has 1 aromatic carbocycles. The second kappa shape index (κ2) is 6.97. The molecule has 0 aliphatic carbocycles. The highest BCUT2D eigenvalue weighted by molar-refractivity contribution is 7.21. The Morgan fingerprint density at radius 1 is 1.39 bits per heavy atom. The first-order chi connectivity index (χ1) is 11.1. The van der Waals surface area contributed by atoms with Gasteiger partial charge in [-0.3, -0.25) is 4.79 Å². The van der Waals surface area contributed by atoms with Crippen LogP contribution < -0.4 is 5.32 Å². The Morgan fingerprint density at radius 2 is 2.13 bits per heavy atom. The van der Waals surface area contributed by atoms with Gasteiger partial charge in [-0.1, -0.05) is 13.0 Å². The molecule has 1 amide bonds. The number of halogens is 1. The van der Waals surface area contributed by atoms with Gasteiger partial charge < -0.3 is 10.2 Å². The number of hydrogen-bond acceptors (Lipinski definition) is 3. The summed E-state index contributed by atoms with van der Waals surface area (Å²) in [5.41, 5.74) is 0.743. The number of carbonyl (C=O) groups is 1. The summed E-state index contributed by atoms with van der Waals surface area (Å²) in [6.45, 7) is 7.87. The summed E-state index contributed by atoms with van der Waals surface area (Å²) < 4.78 is 14.7. The molecule has 5 heteroatoms. The lowest BCUT2D eigenvalue weighted by Gasteiger charge is -2.30. The standard InChI is InChI=1S/C18H23FN2OS/c1-12-6-9-21(10-7-12)11-8-20-18(22)17-13(2)16-14(19)4-3-5-15(16)23-17/h3-5,12H,6-11H2,1-2H3,(H,20,22). The molecule has 0 atom stereocenters. The highest BCUT2D eigenvalue weighted by Gasteiger charge is 2.18. The summed E-state index contributed by atoms with van der Waals surface area (Å²) in [7, 11) is 0. The molecule has 0 bridgehead atoms. The van der Waals surface area contributed by atoms with Gasteiger partial charge in [0.15, 0.2) is 0 Å². The van der Waals surface area contributed by atoms with Gasteiger partial charge >= 0.3 is 0 Å². The van der Waals surface area contributed by atoms with Crippen molar-refractivity contribution in [3.8, 4) is 0 Å². The van der Waals surface area contributed by atoms with Gasteiger partial charge in [0.1, 0.15) is 5.82 Å². The van der Waals surface area contributed by atoms with Crippen LogP contribution in [0.2, 0.25) is 0 Å². The maximum atomic E-state index is 13.9. The van der Waals surface area contributed by atoms with Crippen LogP contribution in [0.3, 0.4) is 0 Å². The van der Waals surface area contributed by atoms with Gasteiger partial charge in [0.05, 0.1) is 4.88 Å². The number of piperidine rings is 1. The largest absolute Gasteiger partial charge is 0.350 e. The van der Waals surface area contributed by atoms with Gasteiger partial charge in [0.25, 0.3) is 5.91 Å². The molecule has 0 radical (unpaired) electrons. The molecule has 1 aliphatic heterocycles. The molecule has 2 aromatic rings. The number of carbonyl (C=O) groups excluding carboxylic acids is 1. The summed E-state index contributed by atoms with van der Waals surface area (Å²) in [6.07, 6.45) is 2.48. The first kappa shape index (κ1) is 16.4. The molecule has 3 rings (SSSR count). The van der Waals surface area contributed by atoms with Crippen LogP contribution >= 0.6 is 11.3 Å². The number of benzene rings is 1. The van der Waals surface area contributed by atoms with Crippen LogP contribution in [-0.2, 0) is 0 Å². The Morgan fingerprint density at radius 3 is 2.83 bits per heavy atom. The zero-order chi connectivity index (χ0) is 16.4. The normalized spacial score (nSPS) is 16.8. The molecule has 1 N–H and O–H groups in total. The van der Waals surface area contributed by atoms with E-state index in [2.05, 4.69) is 17.1 Å². The molecule has 0 saturated carbocycles. The van der Waals surface area contributed by atoms with Crippen molar-refractivity contribution in [3.63, 3.8) is 0 Å². The van der Waals surface area contributed by atoms with Crippen molar-refractivity contribution >= 4 is 27.3 Å². The summed E-state index contributed by atoms with van der Waals surface area (Å²) in [6, 6.07) is 5.00. The monoisotopic (exact) mass is 334 g/mol. The highest BCUT2D eigenvalue weighted by Crippen LogP contribution is 2.32. The second-order valence-corrected chi connectivity index (χ2v) is 7.50. The van der Waals surface area contributed by atoms with Gasteiger partial charge in [-0.05, 0) is 56.5 Å². The van der Waals surface area contributed by atoms with Crippen molar-refractivity contribution in [1.82, 2.24) is 10.2 Å². The molecule has 1 saturated heterocycles. The molecular weight excluding hydrogens is 311 g/mol. The number of aryl methyl sites for hydroxylation is 1. The van der Waals surface area contributed by atoms with E-state index >= 15 is 0 Å². The van der Waals surface area contributed by atoms with Gasteiger partial charge in [0.2, 0.25) is 0 Å². The molecule has 0 spiro atoms. The van der Waals surface area contributed by atoms with Crippen LogP contribution in [0.25, 0.3) is 10.1 Å². The Labute approximate surface area is 140 Å². The lowest BCUT2D eigenvalue weighted by molar-refractivity contribution is 0.0948. The van der Waals surface area contributed by atoms with Crippen molar-refractivity contribution < 1.29 is 9.18 Å². The minimum atomic E-state index is -0.252. The number of nitrogens with one attached hydrogen (secondary N) is 1. The lowest BCUT2D eigenvalue weighted by Crippen LogP contribution is -2.39. The number of rotatable bonds is 4. The van der Waals surface area contributed by atoms with E-state index in [-0.39, 0.29) is 11.7 Å². The van der Waals surface area contributed by atoms with Crippen LogP contribution in [0.5, 0.6) is 0 Å². The molecular formula is C18H23FN2OS.